The first-order valence-electron chi connectivity index (χ1n) is 7.24. The summed E-state index contributed by atoms with van der Waals surface area (Å²) in [6, 6.07) is 7.67. The minimum Gasteiger partial charge on any atom is -0.368 e. The highest BCUT2D eigenvalue weighted by Crippen LogP contribution is 2.28. The Morgan fingerprint density at radius 3 is 2.82 bits per heavy atom. The van der Waals surface area contributed by atoms with Gasteiger partial charge in [0.15, 0.2) is 11.4 Å². The molecule has 0 saturated carbocycles. The molecule has 1 N–H and O–H groups in total. The molecule has 0 unspecified atom stereocenters. The first-order chi connectivity index (χ1) is 10.5. The maximum absolute atomic E-state index is 11.5. The summed E-state index contributed by atoms with van der Waals surface area (Å²) >= 11 is 1.47. The monoisotopic (exact) mass is 314 g/mol. The topological polar surface area (TPSA) is 59.3 Å². The van der Waals surface area contributed by atoms with Crippen molar-refractivity contribution in [2.24, 2.45) is 5.92 Å². The fourth-order valence-electron chi connectivity index (χ4n) is 2.11. The number of imidazole rings is 1. The standard InChI is InChI=1S/C16H18N4OS/c1-10(2)8-17-15-6-7-16-18-9-12(20(16)19-15)14-5-4-13(22-14)11(3)21/h4-7,9-10H,8H2,1-3H3,(H,17,19). The quantitative estimate of drug-likeness (QED) is 0.729. The first-order valence-corrected chi connectivity index (χ1v) is 8.06. The van der Waals surface area contributed by atoms with Crippen LogP contribution in [0.1, 0.15) is 30.4 Å². The SMILES string of the molecule is CC(=O)c1ccc(-c2cnc3ccc(NCC(C)C)nn23)s1. The summed E-state index contributed by atoms with van der Waals surface area (Å²) in [6.07, 6.45) is 1.80. The maximum Gasteiger partial charge on any atom is 0.169 e. The van der Waals surface area contributed by atoms with E-state index in [4.69, 9.17) is 0 Å². The third-order valence-electron chi connectivity index (χ3n) is 3.26. The molecule has 0 bridgehead atoms. The zero-order chi connectivity index (χ0) is 15.7. The van der Waals surface area contributed by atoms with Crippen LogP contribution in [0.4, 0.5) is 5.82 Å². The Kier molecular flexibility index (Phi) is 3.94. The number of hydrogen-bond donors (Lipinski definition) is 1. The number of carbonyl (C=O) groups is 1. The average molecular weight is 314 g/mol. The molecule has 0 aliphatic heterocycles. The molecule has 6 heteroatoms. The molecule has 0 saturated heterocycles. The fourth-order valence-corrected chi connectivity index (χ4v) is 3.01. The smallest absolute Gasteiger partial charge is 0.169 e. The molecule has 0 amide bonds. The van der Waals surface area contributed by atoms with Crippen LogP contribution in [0.15, 0.2) is 30.5 Å². The van der Waals surface area contributed by atoms with Crippen LogP contribution in [-0.4, -0.2) is 26.9 Å². The molecular weight excluding hydrogens is 296 g/mol. The predicted molar refractivity (Wildman–Crippen MR) is 89.6 cm³/mol. The number of aromatic nitrogens is 3. The van der Waals surface area contributed by atoms with Crippen LogP contribution in [0.3, 0.4) is 0 Å². The Morgan fingerprint density at radius 1 is 1.32 bits per heavy atom. The van der Waals surface area contributed by atoms with Crippen molar-refractivity contribution in [3.8, 4) is 10.6 Å². The summed E-state index contributed by atoms with van der Waals surface area (Å²) in [7, 11) is 0. The van der Waals surface area contributed by atoms with Crippen molar-refractivity contribution in [3.05, 3.63) is 35.3 Å². The number of ketones is 1. The second-order valence-corrected chi connectivity index (χ2v) is 6.71. The summed E-state index contributed by atoms with van der Waals surface area (Å²) in [5, 5.41) is 7.92. The summed E-state index contributed by atoms with van der Waals surface area (Å²) in [4.78, 5) is 17.6. The molecule has 5 nitrogen and oxygen atoms in total. The molecule has 22 heavy (non-hydrogen) atoms. The highest BCUT2D eigenvalue weighted by atomic mass is 32.1. The largest absolute Gasteiger partial charge is 0.368 e. The molecule has 3 aromatic rings. The van der Waals surface area contributed by atoms with Gasteiger partial charge in [-0.15, -0.1) is 16.4 Å². The van der Waals surface area contributed by atoms with Crippen molar-refractivity contribution in [1.29, 1.82) is 0 Å². The number of hydrogen-bond acceptors (Lipinski definition) is 5. The van der Waals surface area contributed by atoms with Gasteiger partial charge in [-0.3, -0.25) is 4.79 Å². The van der Waals surface area contributed by atoms with E-state index in [1.807, 2.05) is 28.8 Å². The highest BCUT2D eigenvalue weighted by molar-refractivity contribution is 7.17. The summed E-state index contributed by atoms with van der Waals surface area (Å²) < 4.78 is 1.82. The van der Waals surface area contributed by atoms with Gasteiger partial charge in [0.25, 0.3) is 0 Å². The van der Waals surface area contributed by atoms with E-state index in [1.165, 1.54) is 11.3 Å². The van der Waals surface area contributed by atoms with Gasteiger partial charge in [0.1, 0.15) is 11.5 Å². The zero-order valence-corrected chi connectivity index (χ0v) is 13.6. The van der Waals surface area contributed by atoms with Crippen LogP contribution in [0.2, 0.25) is 0 Å². The predicted octanol–water partition coefficient (Wildman–Crippen LogP) is 3.73. The van der Waals surface area contributed by atoms with Gasteiger partial charge in [0, 0.05) is 6.54 Å². The van der Waals surface area contributed by atoms with Crippen molar-refractivity contribution in [3.63, 3.8) is 0 Å². The van der Waals surface area contributed by atoms with Gasteiger partial charge in [-0.2, -0.15) is 0 Å². The van der Waals surface area contributed by atoms with Crippen LogP contribution in [-0.2, 0) is 0 Å². The van der Waals surface area contributed by atoms with Crippen LogP contribution in [0.25, 0.3) is 16.2 Å². The Hall–Kier alpha value is -2.21. The number of thiophene rings is 1. The second kappa shape index (κ2) is 5.88. The number of rotatable bonds is 5. The lowest BCUT2D eigenvalue weighted by molar-refractivity contribution is 0.102. The van der Waals surface area contributed by atoms with E-state index in [9.17, 15) is 4.79 Å². The normalized spacial score (nSPS) is 11.3. The van der Waals surface area contributed by atoms with Crippen molar-refractivity contribution in [1.82, 2.24) is 14.6 Å². The number of fused-ring (bicyclic) bond motifs is 1. The lowest BCUT2D eigenvalue weighted by Gasteiger charge is -2.08. The Bertz CT molecular complexity index is 819. The van der Waals surface area contributed by atoms with E-state index in [1.54, 1.807) is 13.1 Å². The Balaban J connectivity index is 1.98. The lowest BCUT2D eigenvalue weighted by Crippen LogP contribution is -2.10. The number of anilines is 1. The van der Waals surface area contributed by atoms with Gasteiger partial charge >= 0.3 is 0 Å². The highest BCUT2D eigenvalue weighted by Gasteiger charge is 2.12. The van der Waals surface area contributed by atoms with Crippen molar-refractivity contribution in [2.45, 2.75) is 20.8 Å². The first kappa shape index (κ1) is 14.7. The minimum absolute atomic E-state index is 0.0809. The average Bonchev–Trinajstić information content (AvgIpc) is 3.10. The third-order valence-corrected chi connectivity index (χ3v) is 4.47. The van der Waals surface area contributed by atoms with E-state index in [2.05, 4.69) is 29.2 Å². The van der Waals surface area contributed by atoms with Gasteiger partial charge in [-0.25, -0.2) is 9.50 Å². The van der Waals surface area contributed by atoms with Crippen molar-refractivity contribution in [2.75, 3.05) is 11.9 Å². The van der Waals surface area contributed by atoms with Gasteiger partial charge in [0.05, 0.1) is 16.0 Å². The number of Topliss-reactive ketones (excluding diaryl/α,β-unsaturated/α-hetero) is 1. The van der Waals surface area contributed by atoms with Gasteiger partial charge < -0.3 is 5.32 Å². The van der Waals surface area contributed by atoms with Gasteiger partial charge in [0.2, 0.25) is 0 Å². The molecule has 3 aromatic heterocycles. The van der Waals surface area contributed by atoms with Gasteiger partial charge in [-0.05, 0) is 37.1 Å². The third kappa shape index (κ3) is 2.87. The zero-order valence-electron chi connectivity index (χ0n) is 12.8. The molecule has 0 fully saturated rings. The van der Waals surface area contributed by atoms with Crippen molar-refractivity contribution < 1.29 is 4.79 Å². The summed E-state index contributed by atoms with van der Waals surface area (Å²) in [6.45, 7) is 6.76. The number of nitrogens with zero attached hydrogens (tertiary/aromatic N) is 3. The number of carbonyl (C=O) groups excluding carboxylic acids is 1. The molecule has 0 aliphatic rings. The van der Waals surface area contributed by atoms with E-state index in [-0.39, 0.29) is 5.78 Å². The maximum atomic E-state index is 11.5. The number of nitrogens with one attached hydrogen (secondary N) is 1. The Labute approximate surface area is 133 Å². The van der Waals surface area contributed by atoms with Crippen LogP contribution >= 0.6 is 11.3 Å². The molecular formula is C16H18N4OS. The molecule has 0 atom stereocenters. The van der Waals surface area contributed by atoms with Crippen molar-refractivity contribution >= 4 is 28.6 Å². The molecule has 0 radical (unpaired) electrons. The molecule has 3 heterocycles. The summed E-state index contributed by atoms with van der Waals surface area (Å²) in [5.74, 6) is 1.45. The molecule has 3 rings (SSSR count). The molecule has 0 spiro atoms. The minimum atomic E-state index is 0.0809. The van der Waals surface area contributed by atoms with E-state index in [0.717, 1.165) is 33.5 Å². The van der Waals surface area contributed by atoms with Crippen LogP contribution in [0, 0.1) is 5.92 Å². The van der Waals surface area contributed by atoms with E-state index < -0.39 is 0 Å². The van der Waals surface area contributed by atoms with Gasteiger partial charge in [-0.1, -0.05) is 13.8 Å². The van der Waals surface area contributed by atoms with Crippen LogP contribution < -0.4 is 5.32 Å². The molecule has 0 aromatic carbocycles. The van der Waals surface area contributed by atoms with E-state index in [0.29, 0.717) is 5.92 Å². The second-order valence-electron chi connectivity index (χ2n) is 5.63. The lowest BCUT2D eigenvalue weighted by atomic mass is 10.2. The molecule has 114 valence electrons. The van der Waals surface area contributed by atoms with Crippen LogP contribution in [0.5, 0.6) is 0 Å². The Morgan fingerprint density at radius 2 is 2.14 bits per heavy atom. The summed E-state index contributed by atoms with van der Waals surface area (Å²) in [5.41, 5.74) is 1.70. The fraction of sp³-hybridized carbons (Fsp3) is 0.312. The van der Waals surface area contributed by atoms with E-state index >= 15 is 0 Å². The molecule has 0 aliphatic carbocycles.